The van der Waals surface area contributed by atoms with Crippen LogP contribution in [0.25, 0.3) is 0 Å². The minimum atomic E-state index is -1.04. The number of aliphatic carboxylic acids is 1. The molecule has 2 rings (SSSR count). The van der Waals surface area contributed by atoms with Gasteiger partial charge in [-0.15, -0.1) is 0 Å². The second kappa shape index (κ2) is 3.15. The standard InChI is InChI=1S/C11H13NO3/c1-7-3-4-9-8(5-7)12-11(2,6-15-9)10(13)14/h3-5,12H,6H2,1-2H3,(H,13,14). The molecule has 4 nitrogen and oxygen atoms in total. The molecule has 80 valence electrons. The van der Waals surface area contributed by atoms with Crippen molar-refractivity contribution >= 4 is 11.7 Å². The van der Waals surface area contributed by atoms with Crippen LogP contribution in [0.2, 0.25) is 0 Å². The first-order valence-corrected chi connectivity index (χ1v) is 4.76. The van der Waals surface area contributed by atoms with Gasteiger partial charge in [0.25, 0.3) is 0 Å². The SMILES string of the molecule is Cc1ccc2c(c1)NC(C)(C(=O)O)CO2. The van der Waals surface area contributed by atoms with E-state index in [2.05, 4.69) is 5.32 Å². The van der Waals surface area contributed by atoms with E-state index in [4.69, 9.17) is 9.84 Å². The van der Waals surface area contributed by atoms with Crippen LogP contribution < -0.4 is 10.1 Å². The van der Waals surface area contributed by atoms with Gasteiger partial charge in [0.2, 0.25) is 0 Å². The Morgan fingerprint density at radius 3 is 3.00 bits per heavy atom. The summed E-state index contributed by atoms with van der Waals surface area (Å²) < 4.78 is 5.41. The number of aryl methyl sites for hydroxylation is 1. The van der Waals surface area contributed by atoms with Crippen molar-refractivity contribution in [2.75, 3.05) is 11.9 Å². The monoisotopic (exact) mass is 207 g/mol. The fourth-order valence-electron chi connectivity index (χ4n) is 1.54. The summed E-state index contributed by atoms with van der Waals surface area (Å²) in [5.41, 5.74) is 0.770. The molecule has 1 aromatic carbocycles. The number of hydrogen-bond donors (Lipinski definition) is 2. The molecule has 1 unspecified atom stereocenters. The van der Waals surface area contributed by atoms with Crippen molar-refractivity contribution in [3.05, 3.63) is 23.8 Å². The lowest BCUT2D eigenvalue weighted by Gasteiger charge is -2.33. The average Bonchev–Trinajstić information content (AvgIpc) is 2.16. The lowest BCUT2D eigenvalue weighted by atomic mass is 10.0. The Hall–Kier alpha value is -1.71. The molecular weight excluding hydrogens is 194 g/mol. The molecule has 0 bridgehead atoms. The Labute approximate surface area is 87.9 Å². The molecule has 4 heteroatoms. The molecule has 0 amide bonds. The summed E-state index contributed by atoms with van der Waals surface area (Å²) in [6, 6.07) is 5.67. The van der Waals surface area contributed by atoms with Gasteiger partial charge in [-0.3, -0.25) is 0 Å². The Morgan fingerprint density at radius 1 is 1.60 bits per heavy atom. The highest BCUT2D eigenvalue weighted by Crippen LogP contribution is 2.33. The molecule has 0 aromatic heterocycles. The Bertz CT molecular complexity index is 416. The molecule has 0 radical (unpaired) electrons. The van der Waals surface area contributed by atoms with Gasteiger partial charge in [-0.1, -0.05) is 6.07 Å². The second-order valence-corrected chi connectivity index (χ2v) is 4.05. The number of carboxylic acids is 1. The van der Waals surface area contributed by atoms with E-state index >= 15 is 0 Å². The van der Waals surface area contributed by atoms with E-state index in [9.17, 15) is 4.79 Å². The maximum Gasteiger partial charge on any atom is 0.332 e. The van der Waals surface area contributed by atoms with Crippen LogP contribution in [0.5, 0.6) is 5.75 Å². The molecule has 0 saturated carbocycles. The lowest BCUT2D eigenvalue weighted by Crippen LogP contribution is -2.50. The van der Waals surface area contributed by atoms with Crippen molar-refractivity contribution in [2.45, 2.75) is 19.4 Å². The van der Waals surface area contributed by atoms with Crippen LogP contribution in [0, 0.1) is 6.92 Å². The zero-order valence-electron chi connectivity index (χ0n) is 8.70. The predicted octanol–water partition coefficient (Wildman–Crippen LogP) is 1.64. The first-order valence-electron chi connectivity index (χ1n) is 4.76. The van der Waals surface area contributed by atoms with E-state index in [0.717, 1.165) is 11.3 Å². The van der Waals surface area contributed by atoms with Crippen molar-refractivity contribution in [3.63, 3.8) is 0 Å². The van der Waals surface area contributed by atoms with Crippen LogP contribution in [0.4, 0.5) is 5.69 Å². The largest absolute Gasteiger partial charge is 0.488 e. The molecule has 15 heavy (non-hydrogen) atoms. The average molecular weight is 207 g/mol. The molecule has 1 aliphatic heterocycles. The summed E-state index contributed by atoms with van der Waals surface area (Å²) in [7, 11) is 0. The van der Waals surface area contributed by atoms with Crippen LogP contribution in [0.15, 0.2) is 18.2 Å². The van der Waals surface area contributed by atoms with E-state index in [1.807, 2.05) is 25.1 Å². The maximum absolute atomic E-state index is 11.0. The van der Waals surface area contributed by atoms with Gasteiger partial charge in [-0.05, 0) is 31.5 Å². The predicted molar refractivity (Wildman–Crippen MR) is 56.3 cm³/mol. The number of rotatable bonds is 1. The third-order valence-electron chi connectivity index (χ3n) is 2.53. The Kier molecular flexibility index (Phi) is 2.07. The van der Waals surface area contributed by atoms with Crippen LogP contribution in [-0.2, 0) is 4.79 Å². The first kappa shape index (κ1) is 9.83. The van der Waals surface area contributed by atoms with Gasteiger partial charge in [-0.2, -0.15) is 0 Å². The number of nitrogens with one attached hydrogen (secondary N) is 1. The van der Waals surface area contributed by atoms with Gasteiger partial charge in [-0.25, -0.2) is 4.79 Å². The van der Waals surface area contributed by atoms with Gasteiger partial charge in [0, 0.05) is 0 Å². The summed E-state index contributed by atoms with van der Waals surface area (Å²) in [4.78, 5) is 11.0. The summed E-state index contributed by atoms with van der Waals surface area (Å²) >= 11 is 0. The van der Waals surface area contributed by atoms with Gasteiger partial charge < -0.3 is 15.2 Å². The fourth-order valence-corrected chi connectivity index (χ4v) is 1.54. The highest BCUT2D eigenvalue weighted by Gasteiger charge is 2.37. The molecule has 1 aromatic rings. The van der Waals surface area contributed by atoms with Crippen molar-refractivity contribution in [1.82, 2.24) is 0 Å². The molecule has 1 heterocycles. The maximum atomic E-state index is 11.0. The second-order valence-electron chi connectivity index (χ2n) is 4.05. The first-order chi connectivity index (χ1) is 7.01. The quantitative estimate of drug-likeness (QED) is 0.735. The zero-order chi connectivity index (χ0) is 11.1. The van der Waals surface area contributed by atoms with Crippen molar-refractivity contribution < 1.29 is 14.6 Å². The fraction of sp³-hybridized carbons (Fsp3) is 0.364. The Morgan fingerprint density at radius 2 is 2.33 bits per heavy atom. The number of ether oxygens (including phenoxy) is 1. The summed E-state index contributed by atoms with van der Waals surface area (Å²) in [5.74, 6) is -0.200. The zero-order valence-corrected chi connectivity index (χ0v) is 8.70. The summed E-state index contributed by atoms with van der Waals surface area (Å²) in [5, 5.41) is 12.0. The molecule has 0 spiro atoms. The molecule has 0 aliphatic carbocycles. The summed E-state index contributed by atoms with van der Waals surface area (Å²) in [6.07, 6.45) is 0. The highest BCUT2D eigenvalue weighted by atomic mass is 16.5. The van der Waals surface area contributed by atoms with E-state index in [-0.39, 0.29) is 6.61 Å². The number of carbonyl (C=O) groups is 1. The van der Waals surface area contributed by atoms with E-state index in [1.54, 1.807) is 6.92 Å². The molecule has 0 saturated heterocycles. The van der Waals surface area contributed by atoms with Crippen molar-refractivity contribution in [3.8, 4) is 5.75 Å². The van der Waals surface area contributed by atoms with E-state index < -0.39 is 11.5 Å². The number of carboxylic acid groups (broad SMARTS) is 1. The smallest absolute Gasteiger partial charge is 0.332 e. The van der Waals surface area contributed by atoms with E-state index in [0.29, 0.717) is 5.75 Å². The van der Waals surface area contributed by atoms with Gasteiger partial charge in [0.05, 0.1) is 5.69 Å². The number of fused-ring (bicyclic) bond motifs is 1. The van der Waals surface area contributed by atoms with E-state index in [1.165, 1.54) is 0 Å². The normalized spacial score (nSPS) is 23.6. The number of anilines is 1. The topological polar surface area (TPSA) is 58.6 Å². The molecule has 1 aliphatic rings. The van der Waals surface area contributed by atoms with Crippen molar-refractivity contribution in [1.29, 1.82) is 0 Å². The lowest BCUT2D eigenvalue weighted by molar-refractivity contribution is -0.143. The number of hydrogen-bond acceptors (Lipinski definition) is 3. The Balaban J connectivity index is 2.37. The third-order valence-corrected chi connectivity index (χ3v) is 2.53. The molecular formula is C11H13NO3. The highest BCUT2D eigenvalue weighted by molar-refractivity contribution is 5.84. The molecule has 1 atom stereocenters. The number of benzene rings is 1. The third kappa shape index (κ3) is 1.63. The van der Waals surface area contributed by atoms with Gasteiger partial charge >= 0.3 is 5.97 Å². The van der Waals surface area contributed by atoms with Crippen LogP contribution in [0.1, 0.15) is 12.5 Å². The van der Waals surface area contributed by atoms with Crippen LogP contribution in [0.3, 0.4) is 0 Å². The van der Waals surface area contributed by atoms with Crippen LogP contribution in [-0.4, -0.2) is 23.2 Å². The molecule has 2 N–H and O–H groups in total. The van der Waals surface area contributed by atoms with Crippen LogP contribution >= 0.6 is 0 Å². The van der Waals surface area contributed by atoms with Gasteiger partial charge in [0.1, 0.15) is 12.4 Å². The minimum absolute atomic E-state index is 0.137. The van der Waals surface area contributed by atoms with Gasteiger partial charge in [0.15, 0.2) is 5.54 Å². The molecule has 0 fully saturated rings. The minimum Gasteiger partial charge on any atom is -0.488 e. The summed E-state index contributed by atoms with van der Waals surface area (Å²) in [6.45, 7) is 3.70. The van der Waals surface area contributed by atoms with Crippen molar-refractivity contribution in [2.24, 2.45) is 0 Å².